The molecule has 0 radical (unpaired) electrons. The Morgan fingerprint density at radius 3 is 2.48 bits per heavy atom. The van der Waals surface area contributed by atoms with Crippen molar-refractivity contribution in [1.82, 2.24) is 10.2 Å². The lowest BCUT2D eigenvalue weighted by molar-refractivity contribution is -0.132. The van der Waals surface area contributed by atoms with Crippen molar-refractivity contribution in [2.75, 3.05) is 0 Å². The summed E-state index contributed by atoms with van der Waals surface area (Å²) in [5, 5.41) is 3.59. The molecule has 2 fully saturated rings. The second-order valence-electron chi connectivity index (χ2n) is 6.85. The molecule has 1 aliphatic heterocycles. The van der Waals surface area contributed by atoms with E-state index in [9.17, 15) is 4.79 Å². The van der Waals surface area contributed by atoms with E-state index in [0.29, 0.717) is 17.9 Å². The van der Waals surface area contributed by atoms with Crippen LogP contribution >= 0.6 is 0 Å². The van der Waals surface area contributed by atoms with Crippen LogP contribution in [0.3, 0.4) is 0 Å². The van der Waals surface area contributed by atoms with Crippen LogP contribution in [0.5, 0.6) is 0 Å². The Labute approximate surface area is 127 Å². The Kier molecular flexibility index (Phi) is 4.29. The third-order valence-corrected chi connectivity index (χ3v) is 4.73. The molecule has 21 heavy (non-hydrogen) atoms. The maximum Gasteiger partial charge on any atom is 0.241 e. The molecule has 1 saturated heterocycles. The van der Waals surface area contributed by atoms with E-state index in [1.165, 1.54) is 18.4 Å². The molecule has 1 saturated carbocycles. The second kappa shape index (κ2) is 6.18. The molecule has 0 aromatic heterocycles. The Morgan fingerprint density at radius 2 is 1.86 bits per heavy atom. The van der Waals surface area contributed by atoms with Crippen LogP contribution in [0, 0.1) is 5.92 Å². The maximum atomic E-state index is 12.9. The minimum absolute atomic E-state index is 0.0178. The monoisotopic (exact) mass is 286 g/mol. The lowest BCUT2D eigenvalue weighted by Gasteiger charge is -2.30. The number of carbonyl (C=O) groups is 1. The summed E-state index contributed by atoms with van der Waals surface area (Å²) in [5.41, 5.74) is 1.21. The van der Waals surface area contributed by atoms with Crippen LogP contribution in [0.4, 0.5) is 0 Å². The first-order valence-electron chi connectivity index (χ1n) is 8.30. The number of nitrogens with one attached hydrogen (secondary N) is 1. The molecule has 114 valence electrons. The number of carbonyl (C=O) groups excluding carboxylic acids is 1. The van der Waals surface area contributed by atoms with Gasteiger partial charge in [-0.05, 0) is 30.7 Å². The molecule has 2 unspecified atom stereocenters. The van der Waals surface area contributed by atoms with Crippen molar-refractivity contribution in [3.63, 3.8) is 0 Å². The van der Waals surface area contributed by atoms with Gasteiger partial charge in [0.05, 0.1) is 6.04 Å². The van der Waals surface area contributed by atoms with E-state index in [-0.39, 0.29) is 12.2 Å². The third-order valence-electron chi connectivity index (χ3n) is 4.73. The average Bonchev–Trinajstić information content (AvgIpc) is 3.08. The van der Waals surface area contributed by atoms with Gasteiger partial charge in [-0.1, -0.05) is 57.0 Å². The molecule has 3 nitrogen and oxygen atoms in total. The van der Waals surface area contributed by atoms with E-state index < -0.39 is 0 Å². The number of hydrogen-bond acceptors (Lipinski definition) is 2. The van der Waals surface area contributed by atoms with E-state index in [0.717, 1.165) is 19.3 Å². The van der Waals surface area contributed by atoms with Crippen molar-refractivity contribution in [2.24, 2.45) is 5.92 Å². The molecule has 1 amide bonds. The summed E-state index contributed by atoms with van der Waals surface area (Å²) in [6.07, 6.45) is 5.81. The number of amides is 1. The zero-order chi connectivity index (χ0) is 14.8. The summed E-state index contributed by atoms with van der Waals surface area (Å²) in [7, 11) is 0. The average molecular weight is 286 g/mol. The summed E-state index contributed by atoms with van der Waals surface area (Å²) < 4.78 is 0. The normalized spacial score (nSPS) is 27.0. The summed E-state index contributed by atoms with van der Waals surface area (Å²) in [6, 6.07) is 10.8. The van der Waals surface area contributed by atoms with Gasteiger partial charge in [-0.25, -0.2) is 0 Å². The maximum absolute atomic E-state index is 12.9. The molecular formula is C18H26N2O. The highest BCUT2D eigenvalue weighted by molar-refractivity contribution is 5.85. The van der Waals surface area contributed by atoms with E-state index in [1.807, 2.05) is 6.07 Å². The Morgan fingerprint density at radius 1 is 1.19 bits per heavy atom. The van der Waals surface area contributed by atoms with Gasteiger partial charge in [-0.2, -0.15) is 0 Å². The number of rotatable bonds is 4. The van der Waals surface area contributed by atoms with Crippen LogP contribution < -0.4 is 5.32 Å². The summed E-state index contributed by atoms with van der Waals surface area (Å²) >= 11 is 0. The van der Waals surface area contributed by atoms with E-state index in [4.69, 9.17) is 0 Å². The van der Waals surface area contributed by atoms with Gasteiger partial charge < -0.3 is 4.90 Å². The van der Waals surface area contributed by atoms with E-state index in [2.05, 4.69) is 48.3 Å². The number of hydrogen-bond donors (Lipinski definition) is 1. The van der Waals surface area contributed by atoms with Gasteiger partial charge in [-0.3, -0.25) is 10.1 Å². The van der Waals surface area contributed by atoms with E-state index in [1.54, 1.807) is 0 Å². The minimum Gasteiger partial charge on any atom is -0.319 e. The van der Waals surface area contributed by atoms with Crippen LogP contribution in [0.1, 0.15) is 57.7 Å². The van der Waals surface area contributed by atoms with Gasteiger partial charge in [0.15, 0.2) is 0 Å². The van der Waals surface area contributed by atoms with Crippen molar-refractivity contribution in [2.45, 2.75) is 64.2 Å². The molecule has 3 heteroatoms. The van der Waals surface area contributed by atoms with Crippen LogP contribution in [0.2, 0.25) is 0 Å². The van der Waals surface area contributed by atoms with Crippen LogP contribution in [-0.4, -0.2) is 22.9 Å². The standard InChI is InChI=1S/C18H26N2O/c1-13(2)12-16-18(21)20(15-10-6-7-11-15)17(19-16)14-8-4-3-5-9-14/h3-5,8-9,13,15-17,19H,6-7,10-12H2,1-2H3. The summed E-state index contributed by atoms with van der Waals surface area (Å²) in [5.74, 6) is 0.843. The fraction of sp³-hybridized carbons (Fsp3) is 0.611. The lowest BCUT2D eigenvalue weighted by atomic mass is 10.0. The molecule has 1 N–H and O–H groups in total. The molecule has 0 spiro atoms. The van der Waals surface area contributed by atoms with Gasteiger partial charge >= 0.3 is 0 Å². The highest BCUT2D eigenvalue weighted by atomic mass is 16.2. The topological polar surface area (TPSA) is 32.3 Å². The smallest absolute Gasteiger partial charge is 0.241 e. The molecule has 1 heterocycles. The predicted octanol–water partition coefficient (Wildman–Crippen LogP) is 3.47. The highest BCUT2D eigenvalue weighted by Gasteiger charge is 2.43. The highest BCUT2D eigenvalue weighted by Crippen LogP contribution is 2.35. The lowest BCUT2D eigenvalue weighted by Crippen LogP contribution is -2.38. The molecule has 2 atom stereocenters. The molecular weight excluding hydrogens is 260 g/mol. The van der Waals surface area contributed by atoms with Crippen molar-refractivity contribution in [1.29, 1.82) is 0 Å². The first-order chi connectivity index (χ1) is 10.2. The fourth-order valence-electron chi connectivity index (χ4n) is 3.75. The summed E-state index contributed by atoms with van der Waals surface area (Å²) in [4.78, 5) is 15.0. The van der Waals surface area contributed by atoms with Crippen molar-refractivity contribution < 1.29 is 4.79 Å². The molecule has 1 aromatic carbocycles. The Bertz CT molecular complexity index is 479. The predicted molar refractivity (Wildman–Crippen MR) is 84.7 cm³/mol. The first kappa shape index (κ1) is 14.6. The molecule has 2 aliphatic rings. The molecule has 1 aliphatic carbocycles. The van der Waals surface area contributed by atoms with Crippen molar-refractivity contribution >= 4 is 5.91 Å². The van der Waals surface area contributed by atoms with Gasteiger partial charge in [0.1, 0.15) is 6.17 Å². The second-order valence-corrected chi connectivity index (χ2v) is 6.85. The molecule has 1 aromatic rings. The SMILES string of the molecule is CC(C)CC1NC(c2ccccc2)N(C2CCCC2)C1=O. The minimum atomic E-state index is -0.0178. The van der Waals surface area contributed by atoms with Crippen molar-refractivity contribution in [3.8, 4) is 0 Å². The summed E-state index contributed by atoms with van der Waals surface area (Å²) in [6.45, 7) is 4.37. The van der Waals surface area contributed by atoms with E-state index >= 15 is 0 Å². The van der Waals surface area contributed by atoms with Crippen LogP contribution in [0.15, 0.2) is 30.3 Å². The van der Waals surface area contributed by atoms with Crippen LogP contribution in [0.25, 0.3) is 0 Å². The van der Waals surface area contributed by atoms with Gasteiger partial charge in [0.25, 0.3) is 0 Å². The Hall–Kier alpha value is -1.35. The zero-order valence-corrected chi connectivity index (χ0v) is 13.1. The first-order valence-corrected chi connectivity index (χ1v) is 8.30. The quantitative estimate of drug-likeness (QED) is 0.919. The largest absolute Gasteiger partial charge is 0.319 e. The fourth-order valence-corrected chi connectivity index (χ4v) is 3.75. The van der Waals surface area contributed by atoms with Crippen LogP contribution in [-0.2, 0) is 4.79 Å². The Balaban J connectivity index is 1.86. The molecule has 0 bridgehead atoms. The number of nitrogens with zero attached hydrogens (tertiary/aromatic N) is 1. The third kappa shape index (κ3) is 2.98. The number of benzene rings is 1. The zero-order valence-electron chi connectivity index (χ0n) is 13.1. The molecule has 3 rings (SSSR count). The van der Waals surface area contributed by atoms with Gasteiger partial charge in [0, 0.05) is 6.04 Å². The van der Waals surface area contributed by atoms with Crippen molar-refractivity contribution in [3.05, 3.63) is 35.9 Å². The van der Waals surface area contributed by atoms with Gasteiger partial charge in [-0.15, -0.1) is 0 Å². The van der Waals surface area contributed by atoms with Gasteiger partial charge in [0.2, 0.25) is 5.91 Å².